The highest BCUT2D eigenvalue weighted by Crippen LogP contribution is 2.35. The van der Waals surface area contributed by atoms with Crippen LogP contribution in [0.15, 0.2) is 33.7 Å². The van der Waals surface area contributed by atoms with Crippen LogP contribution in [0.2, 0.25) is 0 Å². The molecule has 9 heteroatoms. The zero-order valence-corrected chi connectivity index (χ0v) is 15.7. The Morgan fingerprint density at radius 2 is 1.64 bits per heavy atom. The van der Waals surface area contributed by atoms with E-state index < -0.39 is 23.3 Å². The van der Waals surface area contributed by atoms with Crippen molar-refractivity contribution >= 4 is 11.8 Å². The van der Waals surface area contributed by atoms with E-state index in [0.29, 0.717) is 11.5 Å². The first-order valence-corrected chi connectivity index (χ1v) is 8.40. The lowest BCUT2D eigenvalue weighted by molar-refractivity contribution is -0.122. The molecule has 2 heterocycles. The van der Waals surface area contributed by atoms with Crippen molar-refractivity contribution in [2.75, 3.05) is 21.3 Å². The molecule has 0 radical (unpaired) electrons. The standard InChI is InChI=1S/C19H20N2O7/c1-25-14-5-10-4-12(18(20)23)21(8-11(10)6-15(14)26-2)19(24)16-7-13(22)17(27-3)9-28-16/h5-7,9,12H,4,8H2,1-3H3,(H2,20,23)/t12-/m0/s1. The van der Waals surface area contributed by atoms with Gasteiger partial charge in [-0.1, -0.05) is 0 Å². The van der Waals surface area contributed by atoms with Gasteiger partial charge in [0, 0.05) is 19.0 Å². The summed E-state index contributed by atoms with van der Waals surface area (Å²) in [5, 5.41) is 0. The molecular weight excluding hydrogens is 368 g/mol. The van der Waals surface area contributed by atoms with Crippen LogP contribution in [-0.4, -0.2) is 44.1 Å². The minimum absolute atomic E-state index is 0.0242. The summed E-state index contributed by atoms with van der Waals surface area (Å²) in [7, 11) is 4.34. The SMILES string of the molecule is COc1cc2c(cc1OC)CN(C(=O)c1cc(=O)c(OC)co1)[C@H](C(N)=O)C2. The highest BCUT2D eigenvalue weighted by Gasteiger charge is 2.35. The normalized spacial score (nSPS) is 15.5. The number of hydrogen-bond acceptors (Lipinski definition) is 7. The highest BCUT2D eigenvalue weighted by molar-refractivity contribution is 5.95. The van der Waals surface area contributed by atoms with Crippen LogP contribution in [0, 0.1) is 0 Å². The monoisotopic (exact) mass is 388 g/mol. The number of benzene rings is 1. The van der Waals surface area contributed by atoms with E-state index in [1.54, 1.807) is 12.1 Å². The summed E-state index contributed by atoms with van der Waals surface area (Å²) < 4.78 is 20.7. The van der Waals surface area contributed by atoms with Crippen molar-refractivity contribution in [2.24, 2.45) is 5.73 Å². The van der Waals surface area contributed by atoms with Crippen LogP contribution >= 0.6 is 0 Å². The van der Waals surface area contributed by atoms with Crippen molar-refractivity contribution in [3.63, 3.8) is 0 Å². The number of carbonyl (C=O) groups excluding carboxylic acids is 2. The smallest absolute Gasteiger partial charge is 0.290 e. The summed E-state index contributed by atoms with van der Waals surface area (Å²) >= 11 is 0. The molecule has 1 aliphatic heterocycles. The molecule has 0 aliphatic carbocycles. The maximum atomic E-state index is 12.9. The van der Waals surface area contributed by atoms with Gasteiger partial charge in [-0.15, -0.1) is 0 Å². The molecule has 1 atom stereocenters. The molecule has 2 aromatic rings. The van der Waals surface area contributed by atoms with Gasteiger partial charge < -0.3 is 29.3 Å². The third-order valence-corrected chi connectivity index (χ3v) is 4.65. The van der Waals surface area contributed by atoms with Crippen molar-refractivity contribution in [3.05, 3.63) is 51.6 Å². The number of primary amides is 1. The van der Waals surface area contributed by atoms with Crippen LogP contribution in [0.5, 0.6) is 17.2 Å². The van der Waals surface area contributed by atoms with Crippen molar-refractivity contribution in [1.82, 2.24) is 4.90 Å². The van der Waals surface area contributed by atoms with Crippen molar-refractivity contribution in [2.45, 2.75) is 19.0 Å². The number of ether oxygens (including phenoxy) is 3. The predicted octanol–water partition coefficient (Wildman–Crippen LogP) is 0.718. The molecule has 1 aliphatic rings. The van der Waals surface area contributed by atoms with Gasteiger partial charge in [-0.2, -0.15) is 0 Å². The maximum absolute atomic E-state index is 12.9. The van der Waals surface area contributed by atoms with E-state index in [-0.39, 0.29) is 24.5 Å². The van der Waals surface area contributed by atoms with Gasteiger partial charge in [0.15, 0.2) is 17.3 Å². The van der Waals surface area contributed by atoms with Crippen LogP contribution in [0.1, 0.15) is 21.7 Å². The molecule has 0 spiro atoms. The molecule has 2 amide bonds. The van der Waals surface area contributed by atoms with Gasteiger partial charge in [-0.25, -0.2) is 0 Å². The number of carbonyl (C=O) groups is 2. The van der Waals surface area contributed by atoms with E-state index in [9.17, 15) is 14.4 Å². The lowest BCUT2D eigenvalue weighted by Crippen LogP contribution is -2.51. The number of amides is 2. The quantitative estimate of drug-likeness (QED) is 0.801. The first-order chi connectivity index (χ1) is 13.4. The van der Waals surface area contributed by atoms with Gasteiger partial charge in [-0.05, 0) is 23.3 Å². The Morgan fingerprint density at radius 3 is 2.18 bits per heavy atom. The second-order valence-electron chi connectivity index (χ2n) is 6.21. The number of hydrogen-bond donors (Lipinski definition) is 1. The van der Waals surface area contributed by atoms with E-state index >= 15 is 0 Å². The Balaban J connectivity index is 2.00. The molecule has 0 saturated heterocycles. The summed E-state index contributed by atoms with van der Waals surface area (Å²) in [6.45, 7) is 0.0951. The maximum Gasteiger partial charge on any atom is 0.290 e. The minimum Gasteiger partial charge on any atom is -0.493 e. The highest BCUT2D eigenvalue weighted by atomic mass is 16.5. The fourth-order valence-electron chi connectivity index (χ4n) is 3.18. The van der Waals surface area contributed by atoms with E-state index in [1.807, 2.05) is 0 Å². The predicted molar refractivity (Wildman–Crippen MR) is 97.6 cm³/mol. The van der Waals surface area contributed by atoms with Gasteiger partial charge in [0.1, 0.15) is 12.3 Å². The van der Waals surface area contributed by atoms with Crippen LogP contribution < -0.4 is 25.4 Å². The number of methoxy groups -OCH3 is 3. The fourth-order valence-corrected chi connectivity index (χ4v) is 3.18. The molecule has 1 aromatic carbocycles. The van der Waals surface area contributed by atoms with Crippen molar-refractivity contribution < 1.29 is 28.2 Å². The second kappa shape index (κ2) is 7.63. The Labute approximate surface area is 160 Å². The number of rotatable bonds is 5. The van der Waals surface area contributed by atoms with Crippen molar-refractivity contribution in [3.8, 4) is 17.2 Å². The first kappa shape index (κ1) is 19.3. The molecule has 28 heavy (non-hydrogen) atoms. The Bertz CT molecular complexity index is 983. The van der Waals surface area contributed by atoms with Crippen LogP contribution in [-0.2, 0) is 17.8 Å². The number of nitrogens with zero attached hydrogens (tertiary/aromatic N) is 1. The molecule has 3 rings (SSSR count). The molecule has 0 unspecified atom stereocenters. The van der Waals surface area contributed by atoms with E-state index in [1.165, 1.54) is 26.2 Å². The third kappa shape index (κ3) is 3.38. The van der Waals surface area contributed by atoms with Gasteiger partial charge >= 0.3 is 0 Å². The second-order valence-corrected chi connectivity index (χ2v) is 6.21. The van der Waals surface area contributed by atoms with E-state index in [2.05, 4.69) is 0 Å². The molecule has 1 aromatic heterocycles. The topological polar surface area (TPSA) is 121 Å². The fraction of sp³-hybridized carbons (Fsp3) is 0.316. The first-order valence-electron chi connectivity index (χ1n) is 8.40. The largest absolute Gasteiger partial charge is 0.493 e. The van der Waals surface area contributed by atoms with Crippen LogP contribution in [0.4, 0.5) is 0 Å². The molecule has 2 N–H and O–H groups in total. The molecule has 0 saturated carbocycles. The molecule has 148 valence electrons. The molecule has 0 bridgehead atoms. The average molecular weight is 388 g/mol. The lowest BCUT2D eigenvalue weighted by Gasteiger charge is -2.35. The van der Waals surface area contributed by atoms with Gasteiger partial charge in [0.05, 0.1) is 21.3 Å². The Morgan fingerprint density at radius 1 is 1.04 bits per heavy atom. The number of nitrogens with two attached hydrogens (primary N) is 1. The average Bonchev–Trinajstić information content (AvgIpc) is 2.70. The minimum atomic E-state index is -0.898. The summed E-state index contributed by atoms with van der Waals surface area (Å²) in [4.78, 5) is 38.2. The zero-order valence-electron chi connectivity index (χ0n) is 15.7. The summed E-state index contributed by atoms with van der Waals surface area (Å²) in [6.07, 6.45) is 1.26. The van der Waals surface area contributed by atoms with Gasteiger partial charge in [0.25, 0.3) is 5.91 Å². The summed E-state index contributed by atoms with van der Waals surface area (Å²) in [6, 6.07) is 3.64. The Hall–Kier alpha value is -3.49. The molecule has 0 fully saturated rings. The van der Waals surface area contributed by atoms with E-state index in [0.717, 1.165) is 23.5 Å². The lowest BCUT2D eigenvalue weighted by atomic mass is 9.92. The summed E-state index contributed by atoms with van der Waals surface area (Å²) in [5.74, 6) is -0.494. The molecular formula is C19H20N2O7. The van der Waals surface area contributed by atoms with Gasteiger partial charge in [-0.3, -0.25) is 14.4 Å². The van der Waals surface area contributed by atoms with Gasteiger partial charge in [0.2, 0.25) is 17.1 Å². The molecule has 9 nitrogen and oxygen atoms in total. The third-order valence-electron chi connectivity index (χ3n) is 4.65. The van der Waals surface area contributed by atoms with Crippen molar-refractivity contribution in [1.29, 1.82) is 0 Å². The Kier molecular flexibility index (Phi) is 5.25. The van der Waals surface area contributed by atoms with Crippen LogP contribution in [0.25, 0.3) is 0 Å². The summed E-state index contributed by atoms with van der Waals surface area (Å²) in [5.41, 5.74) is 6.63. The zero-order chi connectivity index (χ0) is 20.4. The number of fused-ring (bicyclic) bond motifs is 1. The van der Waals surface area contributed by atoms with E-state index in [4.69, 9.17) is 24.4 Å². The van der Waals surface area contributed by atoms with Crippen LogP contribution in [0.3, 0.4) is 0 Å².